The summed E-state index contributed by atoms with van der Waals surface area (Å²) in [7, 11) is 2.96. The molecule has 0 unspecified atom stereocenters. The molecule has 2 N–H and O–H groups in total. The molecule has 0 aliphatic carbocycles. The van der Waals surface area contributed by atoms with Crippen molar-refractivity contribution in [3.8, 4) is 0 Å². The van der Waals surface area contributed by atoms with Crippen LogP contribution < -0.4 is 10.6 Å². The summed E-state index contributed by atoms with van der Waals surface area (Å²) in [5, 5.41) is 5.10. The number of carbonyl (C=O) groups is 1. The first-order chi connectivity index (χ1) is 8.15. The number of hydrogen-bond donors (Lipinski definition) is 2. The number of urea groups is 1. The molecule has 0 bridgehead atoms. The number of methoxy groups -OCH3 is 2. The molecule has 0 aromatic heterocycles. The van der Waals surface area contributed by atoms with E-state index in [2.05, 4.69) is 10.6 Å². The Morgan fingerprint density at radius 3 is 2.41 bits per heavy atom. The molecule has 1 aromatic rings. The van der Waals surface area contributed by atoms with Crippen molar-refractivity contribution in [2.24, 2.45) is 0 Å². The minimum atomic E-state index is -0.492. The third-order valence-corrected chi connectivity index (χ3v) is 2.06. The molecular weight excluding hydrogens is 227 g/mol. The average molecular weight is 242 g/mol. The van der Waals surface area contributed by atoms with E-state index in [-0.39, 0.29) is 12.4 Å². The lowest BCUT2D eigenvalue weighted by Gasteiger charge is -2.14. The lowest BCUT2D eigenvalue weighted by molar-refractivity contribution is -0.0970. The van der Waals surface area contributed by atoms with Gasteiger partial charge in [-0.05, 0) is 24.3 Å². The Labute approximate surface area is 98.9 Å². The van der Waals surface area contributed by atoms with Crippen LogP contribution in [-0.2, 0) is 9.47 Å². The lowest BCUT2D eigenvalue weighted by Crippen LogP contribution is -2.36. The highest BCUT2D eigenvalue weighted by Gasteiger charge is 2.07. The molecule has 0 saturated heterocycles. The van der Waals surface area contributed by atoms with Crippen LogP contribution in [0.3, 0.4) is 0 Å². The largest absolute Gasteiger partial charge is 0.354 e. The minimum Gasteiger partial charge on any atom is -0.354 e. The summed E-state index contributed by atoms with van der Waals surface area (Å²) in [6.45, 7) is 0.222. The molecule has 0 atom stereocenters. The maximum absolute atomic E-state index is 12.6. The normalized spacial score (nSPS) is 10.4. The summed E-state index contributed by atoms with van der Waals surface area (Å²) >= 11 is 0. The summed E-state index contributed by atoms with van der Waals surface area (Å²) in [5.41, 5.74) is 0.510. The van der Waals surface area contributed by atoms with Gasteiger partial charge in [0.2, 0.25) is 0 Å². The van der Waals surface area contributed by atoms with E-state index in [9.17, 15) is 9.18 Å². The second-order valence-electron chi connectivity index (χ2n) is 3.24. The quantitative estimate of drug-likeness (QED) is 0.770. The highest BCUT2D eigenvalue weighted by Crippen LogP contribution is 2.07. The van der Waals surface area contributed by atoms with Crippen molar-refractivity contribution in [3.63, 3.8) is 0 Å². The van der Waals surface area contributed by atoms with Crippen LogP contribution in [0.2, 0.25) is 0 Å². The van der Waals surface area contributed by atoms with Gasteiger partial charge in [0, 0.05) is 19.9 Å². The molecule has 2 amide bonds. The van der Waals surface area contributed by atoms with Gasteiger partial charge in [0.25, 0.3) is 0 Å². The van der Waals surface area contributed by atoms with E-state index in [0.717, 1.165) is 0 Å². The molecule has 0 heterocycles. The van der Waals surface area contributed by atoms with E-state index in [1.165, 1.54) is 38.5 Å². The predicted molar refractivity (Wildman–Crippen MR) is 61.2 cm³/mol. The van der Waals surface area contributed by atoms with Crippen molar-refractivity contribution in [2.45, 2.75) is 6.29 Å². The molecule has 0 spiro atoms. The van der Waals surface area contributed by atoms with Crippen LogP contribution in [0.4, 0.5) is 14.9 Å². The number of hydrogen-bond acceptors (Lipinski definition) is 3. The highest BCUT2D eigenvalue weighted by molar-refractivity contribution is 5.89. The van der Waals surface area contributed by atoms with E-state index in [4.69, 9.17) is 9.47 Å². The van der Waals surface area contributed by atoms with E-state index in [0.29, 0.717) is 5.69 Å². The SMILES string of the molecule is COC(CNC(=O)Nc1ccc(F)cc1)OC. The Morgan fingerprint density at radius 2 is 1.88 bits per heavy atom. The van der Waals surface area contributed by atoms with Crippen LogP contribution in [-0.4, -0.2) is 33.1 Å². The van der Waals surface area contributed by atoms with Crippen LogP contribution in [0.25, 0.3) is 0 Å². The molecule has 17 heavy (non-hydrogen) atoms. The van der Waals surface area contributed by atoms with Crippen molar-refractivity contribution in [3.05, 3.63) is 30.1 Å². The van der Waals surface area contributed by atoms with Crippen molar-refractivity contribution in [1.82, 2.24) is 5.32 Å². The molecule has 0 aliphatic heterocycles. The third kappa shape index (κ3) is 4.80. The van der Waals surface area contributed by atoms with Gasteiger partial charge in [0.1, 0.15) is 5.82 Å². The minimum absolute atomic E-state index is 0.222. The Hall–Kier alpha value is -1.66. The van der Waals surface area contributed by atoms with Crippen molar-refractivity contribution in [2.75, 3.05) is 26.1 Å². The van der Waals surface area contributed by atoms with Crippen LogP contribution in [0.15, 0.2) is 24.3 Å². The standard InChI is InChI=1S/C11H15FN2O3/c1-16-10(17-2)7-13-11(15)14-9-5-3-8(12)4-6-9/h3-6,10H,7H2,1-2H3,(H2,13,14,15). The summed E-state index contributed by atoms with van der Waals surface area (Å²) < 4.78 is 22.4. The second-order valence-corrected chi connectivity index (χ2v) is 3.24. The van der Waals surface area contributed by atoms with Crippen LogP contribution in [0.5, 0.6) is 0 Å². The number of nitrogens with one attached hydrogen (secondary N) is 2. The molecule has 1 aromatic carbocycles. The number of amides is 2. The van der Waals surface area contributed by atoms with Crippen molar-refractivity contribution >= 4 is 11.7 Å². The van der Waals surface area contributed by atoms with E-state index in [1.807, 2.05) is 0 Å². The Kier molecular flexibility index (Phi) is 5.38. The van der Waals surface area contributed by atoms with Gasteiger partial charge in [-0.1, -0.05) is 0 Å². The molecule has 0 saturated carbocycles. The summed E-state index contributed by atoms with van der Waals surface area (Å²) in [6.07, 6.45) is -0.492. The molecule has 94 valence electrons. The Balaban J connectivity index is 2.37. The monoisotopic (exact) mass is 242 g/mol. The number of benzene rings is 1. The van der Waals surface area contributed by atoms with Gasteiger partial charge in [0.15, 0.2) is 6.29 Å². The van der Waals surface area contributed by atoms with Gasteiger partial charge < -0.3 is 20.1 Å². The number of rotatable bonds is 5. The molecule has 5 nitrogen and oxygen atoms in total. The fourth-order valence-corrected chi connectivity index (χ4v) is 1.15. The molecule has 1 rings (SSSR count). The Bertz CT molecular complexity index is 352. The molecular formula is C11H15FN2O3. The Morgan fingerprint density at radius 1 is 1.29 bits per heavy atom. The number of carbonyl (C=O) groups excluding carboxylic acids is 1. The zero-order chi connectivity index (χ0) is 12.7. The second kappa shape index (κ2) is 6.82. The average Bonchev–Trinajstić information content (AvgIpc) is 2.33. The van der Waals surface area contributed by atoms with E-state index >= 15 is 0 Å². The molecule has 0 fully saturated rings. The molecule has 6 heteroatoms. The first kappa shape index (κ1) is 13.4. The van der Waals surface area contributed by atoms with Crippen LogP contribution >= 0.6 is 0 Å². The maximum atomic E-state index is 12.6. The number of ether oxygens (including phenoxy) is 2. The van der Waals surface area contributed by atoms with Gasteiger partial charge in [-0.2, -0.15) is 0 Å². The zero-order valence-corrected chi connectivity index (χ0v) is 9.70. The third-order valence-electron chi connectivity index (χ3n) is 2.06. The van der Waals surface area contributed by atoms with Gasteiger partial charge >= 0.3 is 6.03 Å². The molecule has 0 radical (unpaired) electrons. The lowest BCUT2D eigenvalue weighted by atomic mass is 10.3. The maximum Gasteiger partial charge on any atom is 0.319 e. The smallest absolute Gasteiger partial charge is 0.319 e. The van der Waals surface area contributed by atoms with Crippen LogP contribution in [0, 0.1) is 5.82 Å². The van der Waals surface area contributed by atoms with Gasteiger partial charge in [0.05, 0.1) is 6.54 Å². The van der Waals surface area contributed by atoms with E-state index < -0.39 is 12.3 Å². The van der Waals surface area contributed by atoms with Gasteiger partial charge in [-0.15, -0.1) is 0 Å². The van der Waals surface area contributed by atoms with Gasteiger partial charge in [-0.25, -0.2) is 9.18 Å². The van der Waals surface area contributed by atoms with E-state index in [1.54, 1.807) is 0 Å². The molecule has 0 aliphatic rings. The summed E-state index contributed by atoms with van der Waals surface area (Å²) in [4.78, 5) is 11.4. The predicted octanol–water partition coefficient (Wildman–Crippen LogP) is 1.57. The van der Waals surface area contributed by atoms with Gasteiger partial charge in [-0.3, -0.25) is 0 Å². The van der Waals surface area contributed by atoms with Crippen molar-refractivity contribution < 1.29 is 18.7 Å². The van der Waals surface area contributed by atoms with Crippen molar-refractivity contribution in [1.29, 1.82) is 0 Å². The number of anilines is 1. The first-order valence-corrected chi connectivity index (χ1v) is 5.01. The topological polar surface area (TPSA) is 59.6 Å². The number of halogens is 1. The summed E-state index contributed by atoms with van der Waals surface area (Å²) in [6, 6.07) is 5.07. The fourth-order valence-electron chi connectivity index (χ4n) is 1.15. The fraction of sp³-hybridized carbons (Fsp3) is 0.364. The highest BCUT2D eigenvalue weighted by atomic mass is 19.1. The van der Waals surface area contributed by atoms with Crippen LogP contribution in [0.1, 0.15) is 0 Å². The first-order valence-electron chi connectivity index (χ1n) is 5.01. The summed E-state index contributed by atoms with van der Waals surface area (Å²) in [5.74, 6) is -0.352. The zero-order valence-electron chi connectivity index (χ0n) is 9.70.